The zero-order valence-electron chi connectivity index (χ0n) is 16.7. The van der Waals surface area contributed by atoms with Gasteiger partial charge in [-0.2, -0.15) is 4.98 Å². The molecule has 5 rings (SSSR count). The minimum atomic E-state index is -0.456. The van der Waals surface area contributed by atoms with Gasteiger partial charge in [-0.05, 0) is 53.6 Å². The second kappa shape index (κ2) is 8.07. The van der Waals surface area contributed by atoms with E-state index in [1.54, 1.807) is 16.8 Å². The monoisotopic (exact) mass is 429 g/mol. The summed E-state index contributed by atoms with van der Waals surface area (Å²) in [6.45, 7) is 0. The largest absolute Gasteiger partial charge is 0.324 e. The van der Waals surface area contributed by atoms with Crippen molar-refractivity contribution in [2.24, 2.45) is 0 Å². The molecule has 1 atom stereocenters. The van der Waals surface area contributed by atoms with E-state index in [1.165, 1.54) is 36.4 Å². The summed E-state index contributed by atoms with van der Waals surface area (Å²) in [5, 5.41) is 10.3. The topological polar surface area (TPSA) is 71.8 Å². The van der Waals surface area contributed by atoms with Gasteiger partial charge in [-0.15, -0.1) is 5.10 Å². The normalized spacial score (nSPS) is 14.8. The predicted octanol–water partition coefficient (Wildman–Crippen LogP) is 4.86. The van der Waals surface area contributed by atoms with Gasteiger partial charge in [0.1, 0.15) is 17.7 Å². The number of hydrogen-bond acceptors (Lipinski definition) is 4. The number of nitrogens with one attached hydrogen (secondary N) is 2. The van der Waals surface area contributed by atoms with Crippen LogP contribution < -0.4 is 10.6 Å². The Labute approximate surface area is 182 Å². The summed E-state index contributed by atoms with van der Waals surface area (Å²) in [5.41, 5.74) is 2.86. The quantitative estimate of drug-likeness (QED) is 0.486. The second-order valence-corrected chi connectivity index (χ2v) is 7.23. The molecular formula is C24H17F2N5O. The molecule has 3 aromatic carbocycles. The lowest BCUT2D eigenvalue weighted by Crippen LogP contribution is -2.20. The highest BCUT2D eigenvalue weighted by Crippen LogP contribution is 2.33. The van der Waals surface area contributed by atoms with Crippen LogP contribution in [0.5, 0.6) is 0 Å². The summed E-state index contributed by atoms with van der Waals surface area (Å²) >= 11 is 0. The summed E-state index contributed by atoms with van der Waals surface area (Å²) in [6.07, 6.45) is 1.97. The van der Waals surface area contributed by atoms with Gasteiger partial charge in [0.2, 0.25) is 5.95 Å². The van der Waals surface area contributed by atoms with E-state index in [0.29, 0.717) is 5.95 Å². The molecule has 1 amide bonds. The number of amides is 1. The van der Waals surface area contributed by atoms with Gasteiger partial charge in [-0.3, -0.25) is 10.1 Å². The summed E-state index contributed by atoms with van der Waals surface area (Å²) in [5.74, 6) is -0.696. The average Bonchev–Trinajstić information content (AvgIpc) is 3.22. The first kappa shape index (κ1) is 19.6. The summed E-state index contributed by atoms with van der Waals surface area (Å²) in [7, 11) is 0. The Hall–Kier alpha value is -4.33. The maximum Gasteiger partial charge on any atom is 0.258 e. The van der Waals surface area contributed by atoms with Crippen molar-refractivity contribution in [2.45, 2.75) is 6.04 Å². The van der Waals surface area contributed by atoms with E-state index in [1.807, 2.05) is 36.4 Å². The van der Waals surface area contributed by atoms with Crippen LogP contribution in [0, 0.1) is 11.6 Å². The molecule has 0 radical (unpaired) electrons. The Morgan fingerprint density at radius 2 is 1.56 bits per heavy atom. The van der Waals surface area contributed by atoms with Gasteiger partial charge in [-0.1, -0.05) is 42.5 Å². The molecular weight excluding hydrogens is 412 g/mol. The van der Waals surface area contributed by atoms with E-state index >= 15 is 0 Å². The molecule has 4 aromatic rings. The number of benzene rings is 3. The number of halogens is 2. The van der Waals surface area contributed by atoms with E-state index in [0.717, 1.165) is 16.8 Å². The van der Waals surface area contributed by atoms with Crippen LogP contribution in [0.3, 0.4) is 0 Å². The fourth-order valence-corrected chi connectivity index (χ4v) is 3.50. The van der Waals surface area contributed by atoms with E-state index in [2.05, 4.69) is 20.7 Å². The van der Waals surface area contributed by atoms with E-state index < -0.39 is 11.7 Å². The molecule has 1 aliphatic heterocycles. The molecule has 0 bridgehead atoms. The minimum absolute atomic E-state index is 0.0941. The van der Waals surface area contributed by atoms with Crippen molar-refractivity contribution in [3.63, 3.8) is 0 Å². The lowest BCUT2D eigenvalue weighted by molar-refractivity contribution is 0.102. The van der Waals surface area contributed by atoms with Crippen LogP contribution >= 0.6 is 0 Å². The Morgan fingerprint density at radius 1 is 0.906 bits per heavy atom. The van der Waals surface area contributed by atoms with Crippen LogP contribution in [0.15, 0.2) is 84.9 Å². The van der Waals surface area contributed by atoms with E-state index in [9.17, 15) is 13.6 Å². The van der Waals surface area contributed by atoms with Gasteiger partial charge in [0, 0.05) is 11.3 Å². The molecule has 158 valence electrons. The molecule has 32 heavy (non-hydrogen) atoms. The molecule has 0 spiro atoms. The molecule has 0 saturated carbocycles. The van der Waals surface area contributed by atoms with E-state index in [-0.39, 0.29) is 23.4 Å². The van der Waals surface area contributed by atoms with Gasteiger partial charge < -0.3 is 5.32 Å². The third-order valence-corrected chi connectivity index (χ3v) is 5.09. The van der Waals surface area contributed by atoms with Gasteiger partial charge in [-0.25, -0.2) is 13.5 Å². The Balaban J connectivity index is 1.50. The number of carbonyl (C=O) groups excluding carboxylic acids is 1. The Morgan fingerprint density at radius 3 is 2.25 bits per heavy atom. The molecule has 0 unspecified atom stereocenters. The lowest BCUT2D eigenvalue weighted by atomic mass is 10.0. The van der Waals surface area contributed by atoms with Crippen LogP contribution in [0.4, 0.5) is 20.7 Å². The predicted molar refractivity (Wildman–Crippen MR) is 117 cm³/mol. The highest BCUT2D eigenvalue weighted by Gasteiger charge is 2.26. The first-order valence-corrected chi connectivity index (χ1v) is 9.90. The van der Waals surface area contributed by atoms with Crippen molar-refractivity contribution < 1.29 is 13.6 Å². The molecule has 6 nitrogen and oxygen atoms in total. The fraction of sp³-hybridized carbons (Fsp3) is 0.0417. The van der Waals surface area contributed by atoms with Crippen LogP contribution in [-0.2, 0) is 0 Å². The lowest BCUT2D eigenvalue weighted by Gasteiger charge is -2.24. The molecule has 0 saturated heterocycles. The van der Waals surface area contributed by atoms with Gasteiger partial charge >= 0.3 is 0 Å². The zero-order valence-corrected chi connectivity index (χ0v) is 16.7. The third kappa shape index (κ3) is 3.85. The number of anilines is 2. The van der Waals surface area contributed by atoms with Crippen LogP contribution in [0.25, 0.3) is 5.70 Å². The number of aromatic nitrogens is 3. The minimum Gasteiger partial charge on any atom is -0.324 e. The molecule has 0 aliphatic carbocycles. The van der Waals surface area contributed by atoms with E-state index in [4.69, 9.17) is 0 Å². The van der Waals surface area contributed by atoms with Gasteiger partial charge in [0.05, 0.1) is 0 Å². The Kier molecular flexibility index (Phi) is 4.95. The van der Waals surface area contributed by atoms with Crippen molar-refractivity contribution in [3.8, 4) is 0 Å². The van der Waals surface area contributed by atoms with Crippen molar-refractivity contribution >= 4 is 23.5 Å². The summed E-state index contributed by atoms with van der Waals surface area (Å²) < 4.78 is 28.3. The zero-order chi connectivity index (χ0) is 22.1. The molecule has 0 fully saturated rings. The number of nitrogens with zero attached hydrogens (tertiary/aromatic N) is 3. The van der Waals surface area contributed by atoms with Gasteiger partial charge in [0.15, 0.2) is 0 Å². The van der Waals surface area contributed by atoms with Crippen molar-refractivity contribution in [1.82, 2.24) is 14.8 Å². The first-order valence-electron chi connectivity index (χ1n) is 9.90. The second-order valence-electron chi connectivity index (χ2n) is 7.23. The number of carbonyl (C=O) groups is 1. The molecule has 2 N–H and O–H groups in total. The molecule has 8 heteroatoms. The molecule has 1 aliphatic rings. The number of fused-ring (bicyclic) bond motifs is 1. The number of hydrogen-bond donors (Lipinski definition) is 2. The molecule has 1 aromatic heterocycles. The van der Waals surface area contributed by atoms with Crippen molar-refractivity contribution in [3.05, 3.63) is 113 Å². The first-order chi connectivity index (χ1) is 15.6. The van der Waals surface area contributed by atoms with Gasteiger partial charge in [0.25, 0.3) is 11.9 Å². The highest BCUT2D eigenvalue weighted by atomic mass is 19.1. The smallest absolute Gasteiger partial charge is 0.258 e. The Bertz CT molecular complexity index is 1300. The summed E-state index contributed by atoms with van der Waals surface area (Å²) in [6, 6.07) is 20.7. The maximum absolute atomic E-state index is 13.5. The highest BCUT2D eigenvalue weighted by molar-refractivity contribution is 6.03. The summed E-state index contributed by atoms with van der Waals surface area (Å²) in [4.78, 5) is 16.9. The van der Waals surface area contributed by atoms with Crippen molar-refractivity contribution in [1.29, 1.82) is 0 Å². The van der Waals surface area contributed by atoms with Crippen LogP contribution in [-0.4, -0.2) is 20.7 Å². The fourth-order valence-electron chi connectivity index (χ4n) is 3.50. The van der Waals surface area contributed by atoms with Crippen LogP contribution in [0.1, 0.15) is 27.5 Å². The van der Waals surface area contributed by atoms with Crippen molar-refractivity contribution in [2.75, 3.05) is 10.6 Å². The molecule has 2 heterocycles. The van der Waals surface area contributed by atoms with Crippen LogP contribution in [0.2, 0.25) is 0 Å². The third-order valence-electron chi connectivity index (χ3n) is 5.09. The standard InChI is InChI=1S/C24H17F2N5O/c25-18-10-6-16(7-11-18)21-14-20(15-4-2-1-3-5-15)27-24-29-23(30-31(21)24)28-22(32)17-8-12-19(26)13-9-17/h1-14,21H,(H2,27,28,29,30,32)/t21-/m1/s1. The average molecular weight is 429 g/mol. The number of rotatable bonds is 4. The maximum atomic E-state index is 13.5. The number of allylic oxidation sites excluding steroid dienone is 1. The SMILES string of the molecule is O=C(Nc1nc2n(n1)[C@@H](c1ccc(F)cc1)C=C(c1ccccc1)N2)c1ccc(F)cc1.